The van der Waals surface area contributed by atoms with Crippen molar-refractivity contribution in [1.82, 2.24) is 0 Å². The normalized spacial score (nSPS) is 13.9. The van der Waals surface area contributed by atoms with Crippen molar-refractivity contribution in [3.05, 3.63) is 97.2 Å². The van der Waals surface area contributed by atoms with E-state index in [0.717, 1.165) is 89.9 Å². The number of likely N-dealkylation sites (N-methyl/N-ethyl adjacent to an activating group) is 1. The fraction of sp³-hybridized carbons (Fsp3) is 0.604. The van der Waals surface area contributed by atoms with E-state index in [1.807, 2.05) is 21.1 Å². The number of carboxylic acid groups (broad SMARTS) is 1. The zero-order valence-corrected chi connectivity index (χ0v) is 36.2. The molecule has 0 saturated heterocycles. The molecule has 322 valence electrons. The van der Waals surface area contributed by atoms with Crippen LogP contribution in [0.15, 0.2) is 97.2 Å². The van der Waals surface area contributed by atoms with Crippen LogP contribution in [-0.2, 0) is 33.3 Å². The molecular weight excluding hydrogens is 719 g/mol. The van der Waals surface area contributed by atoms with Crippen molar-refractivity contribution in [1.29, 1.82) is 0 Å². The van der Waals surface area contributed by atoms with Gasteiger partial charge in [0, 0.05) is 12.8 Å². The molecule has 9 heteroatoms. The van der Waals surface area contributed by atoms with Gasteiger partial charge in [0.2, 0.25) is 0 Å². The van der Waals surface area contributed by atoms with Gasteiger partial charge in [-0.25, -0.2) is 4.79 Å². The van der Waals surface area contributed by atoms with E-state index in [-0.39, 0.29) is 32.7 Å². The average molecular weight is 797 g/mol. The van der Waals surface area contributed by atoms with Crippen molar-refractivity contribution in [2.24, 2.45) is 0 Å². The van der Waals surface area contributed by atoms with E-state index in [9.17, 15) is 19.5 Å². The fourth-order valence-corrected chi connectivity index (χ4v) is 5.05. The topological polar surface area (TPSA) is 108 Å². The van der Waals surface area contributed by atoms with Gasteiger partial charge in [0.1, 0.15) is 13.2 Å². The summed E-state index contributed by atoms with van der Waals surface area (Å²) in [5.41, 5.74) is 0. The molecule has 2 unspecified atom stereocenters. The number of allylic oxidation sites excluding steroid dienone is 16. The predicted octanol–water partition coefficient (Wildman–Crippen LogP) is 11.1. The minimum absolute atomic E-state index is 0.170. The maximum Gasteiger partial charge on any atom is 0.361 e. The summed E-state index contributed by atoms with van der Waals surface area (Å²) >= 11 is 0. The van der Waals surface area contributed by atoms with Gasteiger partial charge in [-0.05, 0) is 89.9 Å². The maximum atomic E-state index is 12.7. The Balaban J connectivity index is 4.60. The van der Waals surface area contributed by atoms with E-state index < -0.39 is 30.3 Å². The van der Waals surface area contributed by atoms with Crippen LogP contribution in [-0.4, -0.2) is 87.4 Å². The summed E-state index contributed by atoms with van der Waals surface area (Å²) in [6.45, 7) is 4.52. The Morgan fingerprint density at radius 2 is 0.947 bits per heavy atom. The predicted molar refractivity (Wildman–Crippen MR) is 235 cm³/mol. The first-order valence-corrected chi connectivity index (χ1v) is 21.4. The SMILES string of the molecule is CC/C=C\C/C=C\C/C=C\C/C=C\C/C=C\CCCCCC(=O)OC(COC(=O)CCCCC/C=C\C/C=C\C/C=C\CC)COC(OCC[N+](C)(C)C)C(=O)O. The first-order chi connectivity index (χ1) is 27.6. The smallest absolute Gasteiger partial charge is 0.361 e. The number of esters is 2. The standard InChI is InChI=1S/C48H77NO8/c1-6-8-10-12-14-16-18-20-21-22-23-24-25-27-29-31-33-35-37-39-46(51)57-44(43-56-48(47(52)53)54-41-40-49(3,4)5)42-55-45(50)38-36-34-32-30-28-26-19-17-15-13-11-9-7-2/h8-11,14-17,20-21,23-24,26-29,44,48H,6-7,12-13,18-19,22,25,30-43H2,1-5H3/p+1/b10-8-,11-9-,16-14-,17-15-,21-20-,24-23-,28-26-,29-27-. The highest BCUT2D eigenvalue weighted by molar-refractivity contribution is 5.71. The Bertz CT molecular complexity index is 1250. The number of quaternary nitrogens is 1. The van der Waals surface area contributed by atoms with Crippen LogP contribution in [0.2, 0.25) is 0 Å². The van der Waals surface area contributed by atoms with Crippen LogP contribution in [0.5, 0.6) is 0 Å². The van der Waals surface area contributed by atoms with Crippen molar-refractivity contribution in [2.75, 3.05) is 47.5 Å². The van der Waals surface area contributed by atoms with Crippen molar-refractivity contribution in [2.45, 2.75) is 142 Å². The van der Waals surface area contributed by atoms with Gasteiger partial charge in [-0.3, -0.25) is 9.59 Å². The average Bonchev–Trinajstić information content (AvgIpc) is 3.17. The van der Waals surface area contributed by atoms with Crippen molar-refractivity contribution >= 4 is 17.9 Å². The summed E-state index contributed by atoms with van der Waals surface area (Å²) in [6, 6.07) is 0. The first kappa shape index (κ1) is 53.2. The largest absolute Gasteiger partial charge is 0.477 e. The van der Waals surface area contributed by atoms with Crippen LogP contribution in [0.25, 0.3) is 0 Å². The highest BCUT2D eigenvalue weighted by Gasteiger charge is 2.25. The molecule has 0 aliphatic heterocycles. The number of unbranched alkanes of at least 4 members (excludes halogenated alkanes) is 6. The summed E-state index contributed by atoms with van der Waals surface area (Å²) in [5, 5.41) is 9.62. The Hall–Kier alpha value is -3.79. The van der Waals surface area contributed by atoms with Crippen molar-refractivity contribution < 1.29 is 42.9 Å². The number of aliphatic carboxylic acids is 1. The molecule has 57 heavy (non-hydrogen) atoms. The van der Waals surface area contributed by atoms with Crippen LogP contribution < -0.4 is 0 Å². The molecule has 0 aromatic carbocycles. The van der Waals surface area contributed by atoms with Gasteiger partial charge < -0.3 is 28.5 Å². The van der Waals surface area contributed by atoms with E-state index in [4.69, 9.17) is 18.9 Å². The number of ether oxygens (including phenoxy) is 4. The minimum Gasteiger partial charge on any atom is -0.477 e. The zero-order chi connectivity index (χ0) is 42.1. The number of carbonyl (C=O) groups is 3. The van der Waals surface area contributed by atoms with Crippen LogP contribution in [0.4, 0.5) is 0 Å². The number of rotatable bonds is 37. The van der Waals surface area contributed by atoms with Gasteiger partial charge in [0.25, 0.3) is 6.29 Å². The third-order valence-electron chi connectivity index (χ3n) is 8.34. The minimum atomic E-state index is -1.53. The molecule has 0 radical (unpaired) electrons. The van der Waals surface area contributed by atoms with Crippen molar-refractivity contribution in [3.63, 3.8) is 0 Å². The molecule has 9 nitrogen and oxygen atoms in total. The fourth-order valence-electron chi connectivity index (χ4n) is 5.05. The molecule has 0 amide bonds. The van der Waals surface area contributed by atoms with E-state index in [1.54, 1.807) is 0 Å². The summed E-state index contributed by atoms with van der Waals surface area (Å²) in [4.78, 5) is 37.0. The molecule has 0 aromatic heterocycles. The van der Waals surface area contributed by atoms with E-state index in [0.29, 0.717) is 23.9 Å². The van der Waals surface area contributed by atoms with Gasteiger partial charge >= 0.3 is 17.9 Å². The molecule has 0 saturated carbocycles. The lowest BCUT2D eigenvalue weighted by Gasteiger charge is -2.25. The Morgan fingerprint density at radius 3 is 1.37 bits per heavy atom. The number of hydrogen-bond acceptors (Lipinski definition) is 7. The van der Waals surface area contributed by atoms with Crippen LogP contribution in [0, 0.1) is 0 Å². The highest BCUT2D eigenvalue weighted by Crippen LogP contribution is 2.10. The van der Waals surface area contributed by atoms with Gasteiger partial charge in [-0.2, -0.15) is 0 Å². The lowest BCUT2D eigenvalue weighted by atomic mass is 10.1. The van der Waals surface area contributed by atoms with Crippen LogP contribution >= 0.6 is 0 Å². The van der Waals surface area contributed by atoms with Crippen LogP contribution in [0.1, 0.15) is 129 Å². The van der Waals surface area contributed by atoms with Gasteiger partial charge in [-0.15, -0.1) is 0 Å². The second-order valence-corrected chi connectivity index (χ2v) is 14.9. The first-order valence-electron chi connectivity index (χ1n) is 21.4. The number of carbonyl (C=O) groups excluding carboxylic acids is 2. The van der Waals surface area contributed by atoms with Gasteiger partial charge in [0.05, 0.1) is 34.4 Å². The molecule has 0 aliphatic carbocycles. The molecule has 0 aromatic rings. The lowest BCUT2D eigenvalue weighted by Crippen LogP contribution is -2.40. The quantitative estimate of drug-likeness (QED) is 0.0218. The van der Waals surface area contributed by atoms with E-state index in [1.165, 1.54) is 0 Å². The summed E-state index contributed by atoms with van der Waals surface area (Å²) in [7, 11) is 5.92. The van der Waals surface area contributed by atoms with Crippen molar-refractivity contribution in [3.8, 4) is 0 Å². The number of hydrogen-bond donors (Lipinski definition) is 1. The molecule has 0 fully saturated rings. The Kier molecular flexibility index (Phi) is 36.5. The maximum absolute atomic E-state index is 12.7. The zero-order valence-electron chi connectivity index (χ0n) is 36.2. The molecule has 1 N–H and O–H groups in total. The number of nitrogens with zero attached hydrogens (tertiary/aromatic N) is 1. The molecule has 0 rings (SSSR count). The second kappa shape index (κ2) is 39.1. The molecule has 2 atom stereocenters. The van der Waals surface area contributed by atoms with E-state index in [2.05, 4.69) is 111 Å². The third kappa shape index (κ3) is 40.2. The monoisotopic (exact) mass is 797 g/mol. The van der Waals surface area contributed by atoms with Gasteiger partial charge in [0.15, 0.2) is 6.10 Å². The summed E-state index contributed by atoms with van der Waals surface area (Å²) < 4.78 is 22.6. The Labute approximate surface area is 346 Å². The summed E-state index contributed by atoms with van der Waals surface area (Å²) in [6.07, 6.45) is 47.6. The number of carboxylic acids is 1. The summed E-state index contributed by atoms with van der Waals surface area (Å²) in [5.74, 6) is -2.11. The second-order valence-electron chi connectivity index (χ2n) is 14.9. The lowest BCUT2D eigenvalue weighted by molar-refractivity contribution is -0.870. The molecule has 0 spiro atoms. The van der Waals surface area contributed by atoms with Gasteiger partial charge in [-0.1, -0.05) is 124 Å². The van der Waals surface area contributed by atoms with E-state index >= 15 is 0 Å². The molecule has 0 aliphatic rings. The molecular formula is C48H78NO8+. The molecule has 0 bridgehead atoms. The molecule has 0 heterocycles. The Morgan fingerprint density at radius 1 is 0.526 bits per heavy atom. The van der Waals surface area contributed by atoms with Crippen LogP contribution in [0.3, 0.4) is 0 Å². The third-order valence-corrected chi connectivity index (χ3v) is 8.34. The highest BCUT2D eigenvalue weighted by atomic mass is 16.7.